The third-order valence-corrected chi connectivity index (χ3v) is 4.83. The highest BCUT2D eigenvalue weighted by atomic mass is 19.1. The lowest BCUT2D eigenvalue weighted by Crippen LogP contribution is -2.44. The molecule has 1 atom stereocenters. The number of rotatable bonds is 5. The number of benzene rings is 1. The van der Waals surface area contributed by atoms with Crippen LogP contribution in [0.5, 0.6) is 0 Å². The summed E-state index contributed by atoms with van der Waals surface area (Å²) in [6.07, 6.45) is 2.21. The van der Waals surface area contributed by atoms with Crippen LogP contribution < -0.4 is 4.90 Å². The normalized spacial score (nSPS) is 20.9. The molecule has 4 nitrogen and oxygen atoms in total. The molecule has 1 N–H and O–H groups in total. The number of carboxylic acids is 1. The minimum Gasteiger partial charge on any atom is -0.481 e. The van der Waals surface area contributed by atoms with Gasteiger partial charge in [-0.25, -0.2) is 4.39 Å². The molecule has 120 valence electrons. The maximum absolute atomic E-state index is 14.5. The van der Waals surface area contributed by atoms with Crippen LogP contribution in [-0.4, -0.2) is 49.2 Å². The number of likely N-dealkylation sites (N-methyl/N-ethyl adjacent to an activating group) is 1. The molecule has 1 aliphatic carbocycles. The maximum Gasteiger partial charge on any atom is 0.303 e. The molecule has 0 radical (unpaired) electrons. The Kier molecular flexibility index (Phi) is 4.34. The first-order valence-electron chi connectivity index (χ1n) is 7.99. The molecule has 1 aliphatic heterocycles. The lowest BCUT2D eigenvalue weighted by Gasteiger charge is -2.34. The Hall–Kier alpha value is -1.62. The number of anilines is 1. The van der Waals surface area contributed by atoms with Gasteiger partial charge in [-0.05, 0) is 49.4 Å². The van der Waals surface area contributed by atoms with Gasteiger partial charge >= 0.3 is 5.97 Å². The Bertz CT molecular complexity index is 552. The minimum atomic E-state index is -0.805. The summed E-state index contributed by atoms with van der Waals surface area (Å²) in [6.45, 7) is 3.53. The van der Waals surface area contributed by atoms with Gasteiger partial charge in [-0.15, -0.1) is 0 Å². The fourth-order valence-corrected chi connectivity index (χ4v) is 3.30. The van der Waals surface area contributed by atoms with Crippen molar-refractivity contribution in [3.63, 3.8) is 0 Å². The summed E-state index contributed by atoms with van der Waals surface area (Å²) in [4.78, 5) is 15.3. The van der Waals surface area contributed by atoms with E-state index in [1.54, 1.807) is 6.07 Å². The third kappa shape index (κ3) is 3.40. The lowest BCUT2D eigenvalue weighted by atomic mass is 9.90. The van der Waals surface area contributed by atoms with Gasteiger partial charge < -0.3 is 14.9 Å². The predicted molar refractivity (Wildman–Crippen MR) is 83.8 cm³/mol. The van der Waals surface area contributed by atoms with Crippen molar-refractivity contribution in [2.75, 3.05) is 38.1 Å². The second kappa shape index (κ2) is 6.24. The Morgan fingerprint density at radius 3 is 2.55 bits per heavy atom. The SMILES string of the molecule is CN1CCN(c2ccc(C(CC(=O)O)C3CC3)cc2F)CC1. The summed E-state index contributed by atoms with van der Waals surface area (Å²) in [6, 6.07) is 5.30. The zero-order valence-corrected chi connectivity index (χ0v) is 13.0. The van der Waals surface area contributed by atoms with Crippen LogP contribution in [0.15, 0.2) is 18.2 Å². The van der Waals surface area contributed by atoms with Gasteiger partial charge in [-0.3, -0.25) is 4.79 Å². The molecule has 1 heterocycles. The summed E-state index contributed by atoms with van der Waals surface area (Å²) < 4.78 is 14.5. The van der Waals surface area contributed by atoms with Crippen molar-refractivity contribution in [3.05, 3.63) is 29.6 Å². The van der Waals surface area contributed by atoms with Gasteiger partial charge in [0.1, 0.15) is 5.82 Å². The topological polar surface area (TPSA) is 43.8 Å². The number of carbonyl (C=O) groups is 1. The van der Waals surface area contributed by atoms with E-state index in [0.717, 1.165) is 44.6 Å². The van der Waals surface area contributed by atoms with E-state index < -0.39 is 5.97 Å². The Morgan fingerprint density at radius 1 is 1.32 bits per heavy atom. The zero-order chi connectivity index (χ0) is 15.7. The van der Waals surface area contributed by atoms with E-state index in [1.807, 2.05) is 12.1 Å². The molecule has 2 aliphatic rings. The second-order valence-corrected chi connectivity index (χ2v) is 6.54. The van der Waals surface area contributed by atoms with Crippen molar-refractivity contribution in [1.29, 1.82) is 0 Å². The molecule has 3 rings (SSSR count). The highest BCUT2D eigenvalue weighted by Crippen LogP contribution is 2.45. The smallest absolute Gasteiger partial charge is 0.303 e. The first-order valence-corrected chi connectivity index (χ1v) is 7.99. The van der Waals surface area contributed by atoms with E-state index in [-0.39, 0.29) is 18.2 Å². The average Bonchev–Trinajstić information content (AvgIpc) is 3.30. The van der Waals surface area contributed by atoms with Crippen LogP contribution in [0.3, 0.4) is 0 Å². The number of piperazine rings is 1. The van der Waals surface area contributed by atoms with Gasteiger partial charge in [0, 0.05) is 26.2 Å². The van der Waals surface area contributed by atoms with E-state index in [1.165, 1.54) is 0 Å². The van der Waals surface area contributed by atoms with Crippen molar-refractivity contribution in [3.8, 4) is 0 Å². The minimum absolute atomic E-state index is 0.0476. The number of aliphatic carboxylic acids is 1. The number of hydrogen-bond donors (Lipinski definition) is 1. The van der Waals surface area contributed by atoms with Crippen molar-refractivity contribution < 1.29 is 14.3 Å². The molecule has 2 fully saturated rings. The highest BCUT2D eigenvalue weighted by molar-refractivity contribution is 5.68. The number of halogens is 1. The molecule has 1 saturated heterocycles. The Balaban J connectivity index is 1.77. The quantitative estimate of drug-likeness (QED) is 0.908. The van der Waals surface area contributed by atoms with Crippen molar-refractivity contribution in [2.24, 2.45) is 5.92 Å². The molecular formula is C17H23FN2O2. The van der Waals surface area contributed by atoms with E-state index in [9.17, 15) is 9.18 Å². The monoisotopic (exact) mass is 306 g/mol. The van der Waals surface area contributed by atoms with Crippen LogP contribution in [0.1, 0.15) is 30.7 Å². The van der Waals surface area contributed by atoms with E-state index >= 15 is 0 Å². The van der Waals surface area contributed by atoms with Crippen LogP contribution >= 0.6 is 0 Å². The average molecular weight is 306 g/mol. The van der Waals surface area contributed by atoms with Crippen LogP contribution in [0, 0.1) is 11.7 Å². The molecule has 0 spiro atoms. The summed E-state index contributed by atoms with van der Waals surface area (Å²) in [5, 5.41) is 9.07. The van der Waals surface area contributed by atoms with Crippen LogP contribution in [-0.2, 0) is 4.79 Å². The summed E-state index contributed by atoms with van der Waals surface area (Å²) in [7, 11) is 2.07. The number of nitrogens with zero attached hydrogens (tertiary/aromatic N) is 2. The molecular weight excluding hydrogens is 283 g/mol. The largest absolute Gasteiger partial charge is 0.481 e. The van der Waals surface area contributed by atoms with Gasteiger partial charge in [-0.2, -0.15) is 0 Å². The second-order valence-electron chi connectivity index (χ2n) is 6.54. The standard InChI is InChI=1S/C17H23FN2O2/c1-19-6-8-20(9-7-19)16-5-4-13(10-15(16)18)14(11-17(21)22)12-2-3-12/h4-5,10,12,14H,2-3,6-9,11H2,1H3,(H,21,22). The summed E-state index contributed by atoms with van der Waals surface area (Å²) in [5.74, 6) is -0.669. The van der Waals surface area contributed by atoms with Crippen molar-refractivity contribution >= 4 is 11.7 Å². The Morgan fingerprint density at radius 2 is 2.00 bits per heavy atom. The first-order chi connectivity index (χ1) is 10.5. The maximum atomic E-state index is 14.5. The molecule has 1 saturated carbocycles. The molecule has 0 aromatic heterocycles. The molecule has 22 heavy (non-hydrogen) atoms. The molecule has 0 bridgehead atoms. The molecule has 1 aromatic carbocycles. The molecule has 1 unspecified atom stereocenters. The van der Waals surface area contributed by atoms with Gasteiger partial charge in [0.2, 0.25) is 0 Å². The van der Waals surface area contributed by atoms with Crippen LogP contribution in [0.25, 0.3) is 0 Å². The Labute approximate surface area is 130 Å². The van der Waals surface area contributed by atoms with E-state index in [4.69, 9.17) is 5.11 Å². The molecule has 5 heteroatoms. The lowest BCUT2D eigenvalue weighted by molar-refractivity contribution is -0.137. The fraction of sp³-hybridized carbons (Fsp3) is 0.588. The van der Waals surface area contributed by atoms with Crippen LogP contribution in [0.2, 0.25) is 0 Å². The van der Waals surface area contributed by atoms with Gasteiger partial charge in [0.25, 0.3) is 0 Å². The number of carboxylic acid groups (broad SMARTS) is 1. The van der Waals surface area contributed by atoms with Gasteiger partial charge in [-0.1, -0.05) is 6.07 Å². The summed E-state index contributed by atoms with van der Waals surface area (Å²) in [5.41, 5.74) is 1.47. The predicted octanol–water partition coefficient (Wildman–Crippen LogP) is 2.55. The highest BCUT2D eigenvalue weighted by Gasteiger charge is 2.34. The number of hydrogen-bond acceptors (Lipinski definition) is 3. The van der Waals surface area contributed by atoms with Gasteiger partial charge in [0.15, 0.2) is 0 Å². The van der Waals surface area contributed by atoms with Crippen molar-refractivity contribution in [1.82, 2.24) is 4.90 Å². The van der Waals surface area contributed by atoms with Crippen LogP contribution in [0.4, 0.5) is 10.1 Å². The van der Waals surface area contributed by atoms with E-state index in [0.29, 0.717) is 11.6 Å². The zero-order valence-electron chi connectivity index (χ0n) is 13.0. The molecule has 0 amide bonds. The first kappa shape index (κ1) is 15.3. The van der Waals surface area contributed by atoms with E-state index in [2.05, 4.69) is 16.8 Å². The van der Waals surface area contributed by atoms with Crippen molar-refractivity contribution in [2.45, 2.75) is 25.2 Å². The van der Waals surface area contributed by atoms with Gasteiger partial charge in [0.05, 0.1) is 12.1 Å². The molecule has 1 aromatic rings. The summed E-state index contributed by atoms with van der Waals surface area (Å²) >= 11 is 0. The third-order valence-electron chi connectivity index (χ3n) is 4.83. The fourth-order valence-electron chi connectivity index (χ4n) is 3.30.